The lowest BCUT2D eigenvalue weighted by Gasteiger charge is -2.18. The first kappa shape index (κ1) is 41.5. The minimum Gasteiger partial charge on any atom is -0.488 e. The molecular weight excluding hydrogens is 801 g/mol. The summed E-state index contributed by atoms with van der Waals surface area (Å²) >= 11 is 0. The first-order valence-electron chi connectivity index (χ1n) is 21.4. The van der Waals surface area contributed by atoms with Crippen LogP contribution in [0.4, 0.5) is 0 Å². The van der Waals surface area contributed by atoms with Gasteiger partial charge in [-0.3, -0.25) is 0 Å². The fraction of sp³-hybridized carbons (Fsp3) is 0.143. The molecule has 0 fully saturated rings. The summed E-state index contributed by atoms with van der Waals surface area (Å²) in [7, 11) is 0. The summed E-state index contributed by atoms with van der Waals surface area (Å²) in [6.07, 6.45) is 0. The largest absolute Gasteiger partial charge is 0.488 e. The van der Waals surface area contributed by atoms with Gasteiger partial charge in [0.2, 0.25) is 0 Å². The molecule has 1 aliphatic heterocycles. The molecule has 0 unspecified atom stereocenters. The summed E-state index contributed by atoms with van der Waals surface area (Å²) in [4.78, 5) is 0. The van der Waals surface area contributed by atoms with E-state index in [-0.39, 0.29) is 0 Å². The molecule has 8 aromatic rings. The van der Waals surface area contributed by atoms with Crippen LogP contribution in [-0.4, -0.2) is 0 Å². The summed E-state index contributed by atoms with van der Waals surface area (Å²) in [5, 5.41) is 0. The molecule has 0 aliphatic carbocycles. The lowest BCUT2D eigenvalue weighted by atomic mass is 10.1. The zero-order chi connectivity index (χ0) is 43.2. The molecule has 8 aromatic carbocycles. The standard InChI is InChI=1S/C56H48O8/c1-9-25-49-41(17-1)33-57-50-26-10-2-19-43(50)35-59-52-28-12-4-21-45(52)37-61-54-30-14-6-23-47(54)39-63-56-32-16-8-24-48(56)40-64-55-31-15-7-22-46(55)38-62-53-29-13-5-20-44(53)36-60-51-27-11-3-18-42(51)34-58-49/h1-32H,33-40H2. The molecule has 320 valence electrons. The van der Waals surface area contributed by atoms with Crippen LogP contribution < -0.4 is 37.9 Å². The quantitative estimate of drug-likeness (QED) is 0.149. The molecule has 0 aromatic heterocycles. The van der Waals surface area contributed by atoms with E-state index in [4.69, 9.17) is 37.9 Å². The van der Waals surface area contributed by atoms with Gasteiger partial charge in [-0.2, -0.15) is 0 Å². The Morgan fingerprint density at radius 3 is 0.391 bits per heavy atom. The van der Waals surface area contributed by atoms with E-state index in [1.165, 1.54) is 0 Å². The molecule has 0 radical (unpaired) electrons. The summed E-state index contributed by atoms with van der Waals surface area (Å²) in [6.45, 7) is 2.43. The van der Waals surface area contributed by atoms with Crippen molar-refractivity contribution >= 4 is 0 Å². The van der Waals surface area contributed by atoms with Gasteiger partial charge < -0.3 is 37.9 Å². The Morgan fingerprint density at radius 1 is 0.156 bits per heavy atom. The molecule has 0 saturated heterocycles. The highest BCUT2D eigenvalue weighted by molar-refractivity contribution is 5.42. The maximum atomic E-state index is 6.46. The van der Waals surface area contributed by atoms with Crippen molar-refractivity contribution in [1.29, 1.82) is 0 Å². The van der Waals surface area contributed by atoms with E-state index in [9.17, 15) is 0 Å². The van der Waals surface area contributed by atoms with Crippen molar-refractivity contribution in [2.75, 3.05) is 0 Å². The monoisotopic (exact) mass is 848 g/mol. The van der Waals surface area contributed by atoms with Crippen LogP contribution in [0.2, 0.25) is 0 Å². The molecule has 1 aliphatic rings. The van der Waals surface area contributed by atoms with Crippen LogP contribution in [0.25, 0.3) is 0 Å². The van der Waals surface area contributed by atoms with Gasteiger partial charge in [-0.15, -0.1) is 0 Å². The van der Waals surface area contributed by atoms with Gasteiger partial charge in [0.1, 0.15) is 98.9 Å². The van der Waals surface area contributed by atoms with E-state index in [2.05, 4.69) is 0 Å². The molecule has 0 saturated carbocycles. The smallest absolute Gasteiger partial charge is 0.126 e. The van der Waals surface area contributed by atoms with Crippen LogP contribution in [0.5, 0.6) is 46.0 Å². The molecule has 0 spiro atoms. The van der Waals surface area contributed by atoms with Crippen LogP contribution in [-0.2, 0) is 52.9 Å². The molecular formula is C56H48O8. The van der Waals surface area contributed by atoms with E-state index < -0.39 is 0 Å². The van der Waals surface area contributed by atoms with Crippen molar-refractivity contribution in [3.8, 4) is 46.0 Å². The maximum absolute atomic E-state index is 6.46. The van der Waals surface area contributed by atoms with E-state index in [0.717, 1.165) is 90.5 Å². The normalized spacial score (nSPS) is 13.5. The summed E-state index contributed by atoms with van der Waals surface area (Å²) in [6, 6.07) is 63.4. The Kier molecular flexibility index (Phi) is 13.5. The third kappa shape index (κ3) is 10.6. The molecule has 64 heavy (non-hydrogen) atoms. The average Bonchev–Trinajstić information content (AvgIpc) is 3.35. The first-order valence-corrected chi connectivity index (χ1v) is 21.4. The zero-order valence-corrected chi connectivity index (χ0v) is 35.4. The van der Waals surface area contributed by atoms with Crippen LogP contribution >= 0.6 is 0 Å². The van der Waals surface area contributed by atoms with Crippen molar-refractivity contribution in [2.24, 2.45) is 0 Å². The second kappa shape index (κ2) is 20.8. The summed E-state index contributed by atoms with van der Waals surface area (Å²) < 4.78 is 51.6. The Hall–Kier alpha value is -7.84. The Balaban J connectivity index is 0.987. The van der Waals surface area contributed by atoms with Crippen molar-refractivity contribution in [1.82, 2.24) is 0 Å². The lowest BCUT2D eigenvalue weighted by molar-refractivity contribution is 0.244. The summed E-state index contributed by atoms with van der Waals surface area (Å²) in [5.74, 6) is 5.82. The molecule has 0 N–H and O–H groups in total. The molecule has 1 heterocycles. The number of benzene rings is 8. The van der Waals surface area contributed by atoms with E-state index in [0.29, 0.717) is 52.9 Å². The fourth-order valence-corrected chi connectivity index (χ4v) is 7.36. The highest BCUT2D eigenvalue weighted by Gasteiger charge is 2.15. The lowest BCUT2D eigenvalue weighted by Crippen LogP contribution is -2.07. The molecule has 0 amide bonds. The van der Waals surface area contributed by atoms with Gasteiger partial charge in [-0.25, -0.2) is 0 Å². The number of fused-ring (bicyclic) bond motifs is 8. The van der Waals surface area contributed by atoms with Crippen molar-refractivity contribution in [3.63, 3.8) is 0 Å². The third-order valence-electron chi connectivity index (χ3n) is 10.8. The van der Waals surface area contributed by atoms with Gasteiger partial charge in [0.25, 0.3) is 0 Å². The second-order valence-electron chi connectivity index (χ2n) is 15.2. The maximum Gasteiger partial charge on any atom is 0.126 e. The minimum atomic E-state index is 0.303. The third-order valence-corrected chi connectivity index (χ3v) is 10.8. The van der Waals surface area contributed by atoms with Crippen LogP contribution in [0.15, 0.2) is 194 Å². The first-order chi connectivity index (χ1) is 31.7. The second-order valence-corrected chi connectivity index (χ2v) is 15.2. The highest BCUT2D eigenvalue weighted by atomic mass is 16.5. The van der Waals surface area contributed by atoms with Crippen molar-refractivity contribution in [2.45, 2.75) is 52.9 Å². The average molecular weight is 849 g/mol. The number of rotatable bonds is 0. The molecule has 0 bridgehead atoms. The van der Waals surface area contributed by atoms with Gasteiger partial charge in [0.05, 0.1) is 0 Å². The molecule has 9 rings (SSSR count). The topological polar surface area (TPSA) is 73.8 Å². The number of para-hydroxylation sites is 8. The minimum absolute atomic E-state index is 0.303. The Morgan fingerprint density at radius 2 is 0.266 bits per heavy atom. The Bertz CT molecular complexity index is 2030. The van der Waals surface area contributed by atoms with Gasteiger partial charge >= 0.3 is 0 Å². The van der Waals surface area contributed by atoms with Crippen molar-refractivity contribution < 1.29 is 37.9 Å². The molecule has 0 atom stereocenters. The summed E-state index contributed by atoms with van der Waals surface area (Å²) in [5.41, 5.74) is 7.32. The van der Waals surface area contributed by atoms with Crippen LogP contribution in [0, 0.1) is 0 Å². The number of hydrogen-bond donors (Lipinski definition) is 0. The predicted molar refractivity (Wildman–Crippen MR) is 246 cm³/mol. The number of ether oxygens (including phenoxy) is 8. The van der Waals surface area contributed by atoms with E-state index >= 15 is 0 Å². The van der Waals surface area contributed by atoms with Gasteiger partial charge in [-0.1, -0.05) is 146 Å². The molecule has 8 nitrogen and oxygen atoms in total. The van der Waals surface area contributed by atoms with E-state index in [1.807, 2.05) is 194 Å². The molecule has 8 heteroatoms. The van der Waals surface area contributed by atoms with Gasteiger partial charge in [0, 0.05) is 44.5 Å². The predicted octanol–water partition coefficient (Wildman–Crippen LogP) is 12.6. The SMILES string of the molecule is c1ccc2c(c1)COc1ccccc1COc1ccccc1COc1ccccc1COc1ccccc1COc1ccccc1COc1ccccc1COc1ccccc1CO2. The van der Waals surface area contributed by atoms with Crippen LogP contribution in [0.1, 0.15) is 44.5 Å². The fourth-order valence-electron chi connectivity index (χ4n) is 7.36. The van der Waals surface area contributed by atoms with Crippen molar-refractivity contribution in [3.05, 3.63) is 239 Å². The van der Waals surface area contributed by atoms with E-state index in [1.54, 1.807) is 0 Å². The zero-order valence-electron chi connectivity index (χ0n) is 35.4. The van der Waals surface area contributed by atoms with Gasteiger partial charge in [0.15, 0.2) is 0 Å². The highest BCUT2D eigenvalue weighted by Crippen LogP contribution is 2.31. The van der Waals surface area contributed by atoms with Gasteiger partial charge in [-0.05, 0) is 48.5 Å². The number of hydrogen-bond acceptors (Lipinski definition) is 8. The van der Waals surface area contributed by atoms with Crippen LogP contribution in [0.3, 0.4) is 0 Å². The Labute approximate surface area is 374 Å².